The molecule has 0 atom stereocenters. The highest BCUT2D eigenvalue weighted by atomic mass is 35.5. The summed E-state index contributed by atoms with van der Waals surface area (Å²) in [6.07, 6.45) is 1.30. The molecule has 2 heterocycles. The Bertz CT molecular complexity index is 762. The van der Waals surface area contributed by atoms with Crippen LogP contribution in [0.1, 0.15) is 19.2 Å². The zero-order chi connectivity index (χ0) is 16.9. The van der Waals surface area contributed by atoms with E-state index < -0.39 is 0 Å². The Balaban J connectivity index is 0.00000225. The maximum Gasteiger partial charge on any atom is 0.367 e. The number of aromatic nitrogens is 3. The zero-order valence-electron chi connectivity index (χ0n) is 14.2. The Morgan fingerprint density at radius 3 is 2.84 bits per heavy atom. The number of fused-ring (bicyclic) bond motifs is 1. The standard InChI is InChI=1S/C16H22N4O4.ClH/c1-2-16-17-20(22)15-12-13(4-5-14(15)19(16)21)24-9-3-6-18-7-10-23-11-8-18;/h4-5,12H,2-3,6-11H2,1H3;1H. The van der Waals surface area contributed by atoms with Crippen molar-refractivity contribution in [2.75, 3.05) is 39.5 Å². The number of ether oxygens (including phenoxy) is 2. The van der Waals surface area contributed by atoms with E-state index in [4.69, 9.17) is 9.47 Å². The quantitative estimate of drug-likeness (QED) is 0.564. The third-order valence-corrected chi connectivity index (χ3v) is 4.12. The van der Waals surface area contributed by atoms with Gasteiger partial charge in [-0.2, -0.15) is 4.85 Å². The first-order valence-corrected chi connectivity index (χ1v) is 8.28. The van der Waals surface area contributed by atoms with Gasteiger partial charge in [0.05, 0.1) is 31.3 Å². The maximum atomic E-state index is 12.1. The Morgan fingerprint density at radius 2 is 2.12 bits per heavy atom. The lowest BCUT2D eigenvalue weighted by atomic mass is 10.3. The van der Waals surface area contributed by atoms with Crippen molar-refractivity contribution in [3.63, 3.8) is 0 Å². The van der Waals surface area contributed by atoms with Gasteiger partial charge in [-0.15, -0.1) is 12.4 Å². The van der Waals surface area contributed by atoms with E-state index in [1.807, 2.05) is 0 Å². The molecule has 1 aromatic heterocycles. The molecule has 2 aromatic rings. The van der Waals surface area contributed by atoms with E-state index in [1.54, 1.807) is 25.1 Å². The molecule has 1 aliphatic rings. The van der Waals surface area contributed by atoms with Crippen LogP contribution in [0.2, 0.25) is 0 Å². The summed E-state index contributed by atoms with van der Waals surface area (Å²) in [4.78, 5) is 14.9. The molecule has 0 saturated carbocycles. The molecule has 0 N–H and O–H groups in total. The van der Waals surface area contributed by atoms with Crippen molar-refractivity contribution >= 4 is 23.4 Å². The van der Waals surface area contributed by atoms with Crippen LogP contribution >= 0.6 is 12.4 Å². The lowest BCUT2D eigenvalue weighted by molar-refractivity contribution is -0.480. The van der Waals surface area contributed by atoms with Gasteiger partial charge in [0, 0.05) is 30.1 Å². The number of nitrogens with zero attached hydrogens (tertiary/aromatic N) is 4. The van der Waals surface area contributed by atoms with Crippen LogP contribution in [0.25, 0.3) is 11.0 Å². The van der Waals surface area contributed by atoms with Gasteiger partial charge in [-0.05, 0) is 18.6 Å². The van der Waals surface area contributed by atoms with Gasteiger partial charge in [0.15, 0.2) is 0 Å². The Kier molecular flexibility index (Phi) is 6.98. The lowest BCUT2D eigenvalue weighted by Crippen LogP contribution is -2.37. The van der Waals surface area contributed by atoms with E-state index in [0.717, 1.165) is 39.3 Å². The molecule has 0 unspecified atom stereocenters. The van der Waals surface area contributed by atoms with Crippen molar-refractivity contribution < 1.29 is 13.9 Å². The predicted octanol–water partition coefficient (Wildman–Crippen LogP) is 1.38. The molecule has 1 aromatic carbocycles. The molecule has 9 heteroatoms. The fraction of sp³-hybridized carbons (Fsp3) is 0.562. The van der Waals surface area contributed by atoms with Crippen LogP contribution in [0.15, 0.2) is 18.2 Å². The average Bonchev–Trinajstić information content (AvgIpc) is 2.62. The summed E-state index contributed by atoms with van der Waals surface area (Å²) in [5, 5.41) is 15.7. The molecule has 8 nitrogen and oxygen atoms in total. The Morgan fingerprint density at radius 1 is 1.36 bits per heavy atom. The SMILES string of the molecule is CCc1nn([O-])c2cc(OCCCN3CCOCC3)ccc2[n+]1=O.Cl. The molecule has 0 aliphatic carbocycles. The van der Waals surface area contributed by atoms with Gasteiger partial charge in [-0.1, -0.05) is 11.8 Å². The van der Waals surface area contributed by atoms with Crippen molar-refractivity contribution in [1.29, 1.82) is 0 Å². The number of morpholine rings is 1. The topological polar surface area (TPSA) is 85.6 Å². The number of halogens is 1. The smallest absolute Gasteiger partial charge is 0.367 e. The third-order valence-electron chi connectivity index (χ3n) is 4.12. The first kappa shape index (κ1) is 19.4. The summed E-state index contributed by atoms with van der Waals surface area (Å²) in [6.45, 7) is 6.80. The third kappa shape index (κ3) is 4.59. The second-order valence-electron chi connectivity index (χ2n) is 5.74. The van der Waals surface area contributed by atoms with Crippen molar-refractivity contribution in [2.45, 2.75) is 19.8 Å². The number of hydrogen-bond acceptors (Lipinski definition) is 6. The Hall–Kier alpha value is -1.90. The van der Waals surface area contributed by atoms with Crippen LogP contribution in [-0.4, -0.2) is 54.3 Å². The highest BCUT2D eigenvalue weighted by Crippen LogP contribution is 2.18. The lowest BCUT2D eigenvalue weighted by Gasteiger charge is -2.26. The average molecular weight is 371 g/mol. The second-order valence-corrected chi connectivity index (χ2v) is 5.74. The van der Waals surface area contributed by atoms with Gasteiger partial charge in [-0.3, -0.25) is 4.90 Å². The van der Waals surface area contributed by atoms with Gasteiger partial charge in [0.25, 0.3) is 0 Å². The zero-order valence-corrected chi connectivity index (χ0v) is 15.0. The molecule has 0 amide bonds. The largest absolute Gasteiger partial charge is 0.772 e. The van der Waals surface area contributed by atoms with Crippen LogP contribution in [-0.2, 0) is 11.2 Å². The maximum absolute atomic E-state index is 12.1. The molecule has 1 saturated heterocycles. The van der Waals surface area contributed by atoms with E-state index in [0.29, 0.717) is 33.6 Å². The highest BCUT2D eigenvalue weighted by Gasteiger charge is 2.15. The van der Waals surface area contributed by atoms with Gasteiger partial charge >= 0.3 is 5.82 Å². The summed E-state index contributed by atoms with van der Waals surface area (Å²) < 4.78 is 11.7. The van der Waals surface area contributed by atoms with Gasteiger partial charge in [-0.25, -0.2) is 0 Å². The van der Waals surface area contributed by atoms with Crippen molar-refractivity contribution in [3.05, 3.63) is 34.1 Å². The molecule has 0 spiro atoms. The van der Waals surface area contributed by atoms with Crippen LogP contribution in [0, 0.1) is 10.1 Å². The van der Waals surface area contributed by atoms with E-state index in [1.165, 1.54) is 0 Å². The van der Waals surface area contributed by atoms with Gasteiger partial charge in [0.2, 0.25) is 5.52 Å². The molecular formula is C16H23ClN4O4. The number of rotatable bonds is 6. The molecule has 0 bridgehead atoms. The molecular weight excluding hydrogens is 348 g/mol. The minimum absolute atomic E-state index is 0. The van der Waals surface area contributed by atoms with Crippen LogP contribution in [0.3, 0.4) is 0 Å². The van der Waals surface area contributed by atoms with Crippen LogP contribution < -0.4 is 9.16 Å². The van der Waals surface area contributed by atoms with E-state index in [9.17, 15) is 10.1 Å². The molecule has 0 radical (unpaired) electrons. The summed E-state index contributed by atoms with van der Waals surface area (Å²) in [7, 11) is 0. The van der Waals surface area contributed by atoms with Gasteiger partial charge in [0.1, 0.15) is 11.3 Å². The van der Waals surface area contributed by atoms with Crippen molar-refractivity contribution in [3.8, 4) is 5.75 Å². The molecule has 25 heavy (non-hydrogen) atoms. The summed E-state index contributed by atoms with van der Waals surface area (Å²) in [5.74, 6) is 0.775. The second kappa shape index (κ2) is 8.98. The fourth-order valence-electron chi connectivity index (χ4n) is 2.77. The van der Waals surface area contributed by atoms with E-state index in [2.05, 4.69) is 10.00 Å². The molecule has 1 fully saturated rings. The van der Waals surface area contributed by atoms with Crippen molar-refractivity contribution in [2.24, 2.45) is 0 Å². The first-order valence-electron chi connectivity index (χ1n) is 8.28. The minimum Gasteiger partial charge on any atom is -0.772 e. The van der Waals surface area contributed by atoms with E-state index >= 15 is 0 Å². The number of benzene rings is 1. The van der Waals surface area contributed by atoms with Gasteiger partial charge < -0.3 is 14.7 Å². The minimum atomic E-state index is 0. The summed E-state index contributed by atoms with van der Waals surface area (Å²) in [5.41, 5.74) is 0.519. The highest BCUT2D eigenvalue weighted by molar-refractivity contribution is 5.85. The number of aryl methyl sites for hydroxylation is 1. The normalized spacial score (nSPS) is 15.1. The summed E-state index contributed by atoms with van der Waals surface area (Å²) in [6, 6.07) is 4.89. The Labute approximate surface area is 151 Å². The molecule has 1 aliphatic heterocycles. The predicted molar refractivity (Wildman–Crippen MR) is 95.9 cm³/mol. The number of hydrogen-bond donors (Lipinski definition) is 0. The first-order chi connectivity index (χ1) is 11.7. The van der Waals surface area contributed by atoms with Crippen molar-refractivity contribution in [1.82, 2.24) is 14.8 Å². The summed E-state index contributed by atoms with van der Waals surface area (Å²) >= 11 is 0. The fourth-order valence-corrected chi connectivity index (χ4v) is 2.77. The monoisotopic (exact) mass is 370 g/mol. The molecule has 138 valence electrons. The van der Waals surface area contributed by atoms with Crippen LogP contribution in [0.4, 0.5) is 0 Å². The van der Waals surface area contributed by atoms with Crippen LogP contribution in [0.5, 0.6) is 5.75 Å². The van der Waals surface area contributed by atoms with E-state index in [-0.39, 0.29) is 23.7 Å². The molecule has 3 rings (SSSR count).